The molecule has 1 aromatic carbocycles. The number of likely N-dealkylation sites (tertiary alicyclic amines) is 1. The van der Waals surface area contributed by atoms with Crippen molar-refractivity contribution in [2.75, 3.05) is 18.4 Å². The maximum Gasteiger partial charge on any atom is 0.321 e. The van der Waals surface area contributed by atoms with Gasteiger partial charge in [0, 0.05) is 24.7 Å². The highest BCUT2D eigenvalue weighted by Gasteiger charge is 2.55. The molecule has 3 fully saturated rings. The Labute approximate surface area is 155 Å². The van der Waals surface area contributed by atoms with Crippen LogP contribution < -0.4 is 5.32 Å². The molecule has 7 heteroatoms. The summed E-state index contributed by atoms with van der Waals surface area (Å²) in [6, 6.07) is 5.60. The summed E-state index contributed by atoms with van der Waals surface area (Å²) in [6.45, 7) is 0.847. The number of carboxylic acid groups (broad SMARTS) is 1. The van der Waals surface area contributed by atoms with Crippen LogP contribution in [0.3, 0.4) is 0 Å². The molecule has 136 valence electrons. The number of carbonyl (C=O) groups is 2. The minimum Gasteiger partial charge on any atom is -0.481 e. The predicted octanol–water partition coefficient (Wildman–Crippen LogP) is 3.89. The fourth-order valence-electron chi connectivity index (χ4n) is 4.52. The van der Waals surface area contributed by atoms with Crippen LogP contribution in [0.1, 0.15) is 43.0 Å². The summed E-state index contributed by atoms with van der Waals surface area (Å²) in [5.41, 5.74) is 0.989. The highest BCUT2D eigenvalue weighted by atomic mass is 32.1. The Kier molecular flexibility index (Phi) is 3.50. The van der Waals surface area contributed by atoms with Gasteiger partial charge in [0.2, 0.25) is 0 Å². The highest BCUT2D eigenvalue weighted by molar-refractivity contribution is 7.18. The number of thiazole rings is 1. The first kappa shape index (κ1) is 16.1. The Morgan fingerprint density at radius 3 is 2.88 bits per heavy atom. The lowest BCUT2D eigenvalue weighted by molar-refractivity contribution is -0.149. The van der Waals surface area contributed by atoms with Crippen LogP contribution in [0.5, 0.6) is 0 Å². The Balaban J connectivity index is 1.32. The van der Waals surface area contributed by atoms with Crippen LogP contribution in [-0.2, 0) is 4.79 Å². The third-order valence-electron chi connectivity index (χ3n) is 6.17. The molecule has 1 aromatic heterocycles. The second kappa shape index (κ2) is 5.67. The van der Waals surface area contributed by atoms with Crippen molar-refractivity contribution >= 4 is 39.2 Å². The van der Waals surface area contributed by atoms with Gasteiger partial charge in [-0.1, -0.05) is 6.42 Å². The summed E-state index contributed by atoms with van der Waals surface area (Å²) in [6.07, 6.45) is 4.97. The number of aliphatic carboxylic acids is 1. The molecule has 2 N–H and O–H groups in total. The number of urea groups is 1. The average molecular weight is 371 g/mol. The van der Waals surface area contributed by atoms with Crippen molar-refractivity contribution in [2.24, 2.45) is 11.3 Å². The lowest BCUT2D eigenvalue weighted by Crippen LogP contribution is -2.38. The maximum absolute atomic E-state index is 12.7. The summed E-state index contributed by atoms with van der Waals surface area (Å²) >= 11 is 1.70. The molecule has 2 heterocycles. The molecule has 26 heavy (non-hydrogen) atoms. The monoisotopic (exact) mass is 371 g/mol. The van der Waals surface area contributed by atoms with Gasteiger partial charge in [-0.25, -0.2) is 9.78 Å². The standard InChI is InChI=1S/C19H21N3O3S/c23-17(24)19-7-1-2-12(19)9-22(10-19)18(25)20-13-5-6-14-15(8-13)26-16(21-14)11-3-4-11/h5-6,8,11-12H,1-4,7,9-10H2,(H,20,25)(H,23,24)/t12-,19+/m0/s1. The second-order valence-corrected chi connectivity index (χ2v) is 8.93. The van der Waals surface area contributed by atoms with E-state index in [-0.39, 0.29) is 11.9 Å². The number of rotatable bonds is 3. The summed E-state index contributed by atoms with van der Waals surface area (Å²) in [5, 5.41) is 13.8. The van der Waals surface area contributed by atoms with Crippen molar-refractivity contribution in [3.8, 4) is 0 Å². The van der Waals surface area contributed by atoms with Crippen molar-refractivity contribution in [3.05, 3.63) is 23.2 Å². The number of aromatic nitrogens is 1. The fourth-order valence-corrected chi connectivity index (χ4v) is 5.70. The van der Waals surface area contributed by atoms with Crippen molar-refractivity contribution in [1.29, 1.82) is 0 Å². The number of hydrogen-bond acceptors (Lipinski definition) is 4. The van der Waals surface area contributed by atoms with Gasteiger partial charge in [-0.05, 0) is 49.8 Å². The van der Waals surface area contributed by atoms with Gasteiger partial charge in [-0.2, -0.15) is 0 Å². The molecule has 2 amide bonds. The van der Waals surface area contributed by atoms with Crippen molar-refractivity contribution in [3.63, 3.8) is 0 Å². The first-order chi connectivity index (χ1) is 12.5. The van der Waals surface area contributed by atoms with Crippen LogP contribution >= 0.6 is 11.3 Å². The Hall–Kier alpha value is -2.15. The molecule has 0 radical (unpaired) electrons. The van der Waals surface area contributed by atoms with Gasteiger partial charge in [-0.3, -0.25) is 4.79 Å². The number of nitrogens with zero attached hydrogens (tertiary/aromatic N) is 2. The van der Waals surface area contributed by atoms with Gasteiger partial charge >= 0.3 is 12.0 Å². The van der Waals surface area contributed by atoms with E-state index < -0.39 is 11.4 Å². The third-order valence-corrected chi connectivity index (χ3v) is 7.35. The summed E-state index contributed by atoms with van der Waals surface area (Å²) in [7, 11) is 0. The number of fused-ring (bicyclic) bond motifs is 2. The predicted molar refractivity (Wildman–Crippen MR) is 99.6 cm³/mol. The minimum absolute atomic E-state index is 0.0795. The molecule has 0 spiro atoms. The first-order valence-corrected chi connectivity index (χ1v) is 10.1. The van der Waals surface area contributed by atoms with Crippen molar-refractivity contribution in [2.45, 2.75) is 38.0 Å². The number of amides is 2. The van der Waals surface area contributed by atoms with Gasteiger partial charge in [-0.15, -0.1) is 11.3 Å². The molecular weight excluding hydrogens is 350 g/mol. The SMILES string of the molecule is O=C(Nc1ccc2nc(C3CC3)sc2c1)N1C[C@@H]2CCC[C@@]2(C(=O)O)C1. The second-order valence-electron chi connectivity index (χ2n) is 7.87. The summed E-state index contributed by atoms with van der Waals surface area (Å²) in [4.78, 5) is 30.8. The first-order valence-electron chi connectivity index (χ1n) is 9.25. The molecule has 0 unspecified atom stereocenters. The topological polar surface area (TPSA) is 82.5 Å². The zero-order chi connectivity index (χ0) is 17.9. The van der Waals surface area contributed by atoms with E-state index in [1.54, 1.807) is 16.2 Å². The number of carbonyl (C=O) groups excluding carboxylic acids is 1. The van der Waals surface area contributed by atoms with E-state index in [9.17, 15) is 14.7 Å². The Morgan fingerprint density at radius 2 is 2.15 bits per heavy atom. The van der Waals surface area contributed by atoms with Crippen LogP contribution in [0.2, 0.25) is 0 Å². The van der Waals surface area contributed by atoms with Gasteiger partial charge in [0.1, 0.15) is 0 Å². The highest BCUT2D eigenvalue weighted by Crippen LogP contribution is 2.49. The van der Waals surface area contributed by atoms with Crippen LogP contribution in [0, 0.1) is 11.3 Å². The van der Waals surface area contributed by atoms with Crippen LogP contribution in [0.15, 0.2) is 18.2 Å². The minimum atomic E-state index is -0.756. The van der Waals surface area contributed by atoms with E-state index in [1.165, 1.54) is 17.8 Å². The van der Waals surface area contributed by atoms with Crippen molar-refractivity contribution in [1.82, 2.24) is 9.88 Å². The van der Waals surface area contributed by atoms with E-state index in [0.29, 0.717) is 25.4 Å². The molecule has 5 rings (SSSR count). The van der Waals surface area contributed by atoms with E-state index in [1.807, 2.05) is 18.2 Å². The summed E-state index contributed by atoms with van der Waals surface area (Å²) < 4.78 is 1.09. The maximum atomic E-state index is 12.7. The molecule has 6 nitrogen and oxygen atoms in total. The number of carboxylic acids is 1. The number of anilines is 1. The smallest absolute Gasteiger partial charge is 0.321 e. The number of hydrogen-bond donors (Lipinski definition) is 2. The van der Waals surface area contributed by atoms with E-state index in [4.69, 9.17) is 0 Å². The lowest BCUT2D eigenvalue weighted by atomic mass is 9.81. The summed E-state index contributed by atoms with van der Waals surface area (Å²) in [5.74, 6) is -0.0496. The molecule has 2 saturated carbocycles. The number of nitrogens with one attached hydrogen (secondary N) is 1. The molecule has 3 aliphatic rings. The molecule has 2 aliphatic carbocycles. The van der Waals surface area contributed by atoms with E-state index in [2.05, 4.69) is 10.3 Å². The van der Waals surface area contributed by atoms with Gasteiger partial charge in [0.05, 0.1) is 20.6 Å². The van der Waals surface area contributed by atoms with Crippen LogP contribution in [0.4, 0.5) is 10.5 Å². The van der Waals surface area contributed by atoms with Crippen LogP contribution in [0.25, 0.3) is 10.2 Å². The zero-order valence-corrected chi connectivity index (χ0v) is 15.2. The van der Waals surface area contributed by atoms with Gasteiger partial charge < -0.3 is 15.3 Å². The van der Waals surface area contributed by atoms with Crippen LogP contribution in [-0.4, -0.2) is 40.1 Å². The average Bonchev–Trinajstić information content (AvgIpc) is 3.08. The molecule has 2 aromatic rings. The zero-order valence-electron chi connectivity index (χ0n) is 14.4. The fraction of sp³-hybridized carbons (Fsp3) is 0.526. The quantitative estimate of drug-likeness (QED) is 0.857. The van der Waals surface area contributed by atoms with Gasteiger partial charge in [0.25, 0.3) is 0 Å². The molecule has 1 saturated heterocycles. The molecule has 2 atom stereocenters. The van der Waals surface area contributed by atoms with Gasteiger partial charge in [0.15, 0.2) is 0 Å². The molecular formula is C19H21N3O3S. The molecule has 1 aliphatic heterocycles. The Bertz CT molecular complexity index is 907. The number of benzene rings is 1. The normalized spacial score (nSPS) is 27.7. The van der Waals surface area contributed by atoms with E-state index in [0.717, 1.165) is 28.7 Å². The largest absolute Gasteiger partial charge is 0.481 e. The Morgan fingerprint density at radius 1 is 1.31 bits per heavy atom. The van der Waals surface area contributed by atoms with Crippen molar-refractivity contribution < 1.29 is 14.7 Å². The third kappa shape index (κ3) is 2.48. The molecule has 0 bridgehead atoms. The van der Waals surface area contributed by atoms with E-state index >= 15 is 0 Å². The lowest BCUT2D eigenvalue weighted by Gasteiger charge is -2.23.